The molecule has 2 aromatic rings. The fourth-order valence-corrected chi connectivity index (χ4v) is 2.83. The van der Waals surface area contributed by atoms with Crippen LogP contribution in [0.25, 0.3) is 0 Å². The third-order valence-corrected chi connectivity index (χ3v) is 4.34. The topological polar surface area (TPSA) is 76.0 Å². The van der Waals surface area contributed by atoms with E-state index in [4.69, 9.17) is 11.6 Å². The number of fused-ring (bicyclic) bond motifs is 1. The van der Waals surface area contributed by atoms with Gasteiger partial charge < -0.3 is 10.6 Å². The molecule has 1 unspecified atom stereocenters. The van der Waals surface area contributed by atoms with Crippen LogP contribution in [-0.2, 0) is 18.3 Å². The molecule has 120 valence electrons. The van der Waals surface area contributed by atoms with E-state index in [9.17, 15) is 9.59 Å². The highest BCUT2D eigenvalue weighted by Gasteiger charge is 2.17. The highest BCUT2D eigenvalue weighted by atomic mass is 35.5. The molecule has 7 heteroatoms. The molecule has 1 atom stereocenters. The summed E-state index contributed by atoms with van der Waals surface area (Å²) in [5, 5.41) is 10.2. The van der Waals surface area contributed by atoms with Gasteiger partial charge in [-0.15, -0.1) is 0 Å². The van der Waals surface area contributed by atoms with Crippen molar-refractivity contribution in [2.75, 3.05) is 10.6 Å². The van der Waals surface area contributed by atoms with Gasteiger partial charge in [-0.2, -0.15) is 5.10 Å². The van der Waals surface area contributed by atoms with Crippen LogP contribution in [0.3, 0.4) is 0 Å². The molecule has 0 aliphatic carbocycles. The Bertz CT molecular complexity index is 831. The van der Waals surface area contributed by atoms with Crippen LogP contribution in [0.5, 0.6) is 0 Å². The molecule has 6 nitrogen and oxygen atoms in total. The zero-order valence-electron chi connectivity index (χ0n) is 12.9. The van der Waals surface area contributed by atoms with Crippen molar-refractivity contribution in [2.24, 2.45) is 7.05 Å². The summed E-state index contributed by atoms with van der Waals surface area (Å²) >= 11 is 6.08. The van der Waals surface area contributed by atoms with Crippen LogP contribution in [0.4, 0.5) is 11.4 Å². The lowest BCUT2D eigenvalue weighted by atomic mass is 9.98. The summed E-state index contributed by atoms with van der Waals surface area (Å²) in [5.74, 6) is 0.0504. The van der Waals surface area contributed by atoms with Crippen molar-refractivity contribution in [1.29, 1.82) is 0 Å². The van der Waals surface area contributed by atoms with Gasteiger partial charge in [0.1, 0.15) is 5.02 Å². The van der Waals surface area contributed by atoms with Gasteiger partial charge in [-0.3, -0.25) is 9.59 Å². The standard InChI is InChI=1S/C16H17ClN4O2/c1-9(19-13-8-18-21(2)16(23)15(13)17)10-3-5-12-11(7-10)4-6-14(22)20-12/h3,5,7-9,19H,4,6H2,1-2H3,(H,20,22). The Labute approximate surface area is 138 Å². The number of hydrogen-bond acceptors (Lipinski definition) is 4. The van der Waals surface area contributed by atoms with Gasteiger partial charge in [0, 0.05) is 25.2 Å². The monoisotopic (exact) mass is 332 g/mol. The predicted octanol–water partition coefficient (Wildman–Crippen LogP) is 2.49. The maximum Gasteiger partial charge on any atom is 0.287 e. The molecule has 0 saturated heterocycles. The van der Waals surface area contributed by atoms with Crippen LogP contribution in [0, 0.1) is 0 Å². The Morgan fingerprint density at radius 3 is 2.91 bits per heavy atom. The Morgan fingerprint density at radius 1 is 1.35 bits per heavy atom. The highest BCUT2D eigenvalue weighted by molar-refractivity contribution is 6.32. The van der Waals surface area contributed by atoms with E-state index < -0.39 is 0 Å². The van der Waals surface area contributed by atoms with E-state index in [-0.39, 0.29) is 22.5 Å². The van der Waals surface area contributed by atoms with E-state index in [2.05, 4.69) is 21.8 Å². The minimum atomic E-state index is -0.336. The molecular weight excluding hydrogens is 316 g/mol. The van der Waals surface area contributed by atoms with Gasteiger partial charge >= 0.3 is 0 Å². The number of aromatic nitrogens is 2. The van der Waals surface area contributed by atoms with E-state index in [1.807, 2.05) is 19.1 Å². The number of anilines is 2. The van der Waals surface area contributed by atoms with Gasteiger partial charge in [0.25, 0.3) is 5.56 Å². The number of aryl methyl sites for hydroxylation is 2. The van der Waals surface area contributed by atoms with Crippen LogP contribution >= 0.6 is 11.6 Å². The zero-order valence-corrected chi connectivity index (χ0v) is 13.6. The van der Waals surface area contributed by atoms with Crippen molar-refractivity contribution in [2.45, 2.75) is 25.8 Å². The molecule has 1 aliphatic rings. The van der Waals surface area contributed by atoms with Gasteiger partial charge in [-0.05, 0) is 30.5 Å². The van der Waals surface area contributed by atoms with Gasteiger partial charge in [0.15, 0.2) is 0 Å². The van der Waals surface area contributed by atoms with Crippen LogP contribution in [-0.4, -0.2) is 15.7 Å². The number of rotatable bonds is 3. The van der Waals surface area contributed by atoms with Gasteiger partial charge in [-0.25, -0.2) is 4.68 Å². The van der Waals surface area contributed by atoms with Crippen LogP contribution in [0.1, 0.15) is 30.5 Å². The summed E-state index contributed by atoms with van der Waals surface area (Å²) in [6.45, 7) is 1.98. The number of benzene rings is 1. The summed E-state index contributed by atoms with van der Waals surface area (Å²) in [5.41, 5.74) is 3.20. The van der Waals surface area contributed by atoms with Crippen molar-refractivity contribution < 1.29 is 4.79 Å². The van der Waals surface area contributed by atoms with Crippen molar-refractivity contribution in [1.82, 2.24) is 9.78 Å². The highest BCUT2D eigenvalue weighted by Crippen LogP contribution is 2.28. The summed E-state index contributed by atoms with van der Waals surface area (Å²) in [6, 6.07) is 5.87. The van der Waals surface area contributed by atoms with Crippen molar-refractivity contribution >= 4 is 28.9 Å². The quantitative estimate of drug-likeness (QED) is 0.905. The SMILES string of the molecule is CC(Nc1cnn(C)c(=O)c1Cl)c1ccc2c(c1)CCC(=O)N2. The number of hydrogen-bond donors (Lipinski definition) is 2. The smallest absolute Gasteiger partial charge is 0.287 e. The maximum atomic E-state index is 11.8. The van der Waals surface area contributed by atoms with Gasteiger partial charge in [0.05, 0.1) is 11.9 Å². The molecule has 0 spiro atoms. The maximum absolute atomic E-state index is 11.8. The Kier molecular flexibility index (Phi) is 4.09. The molecule has 0 bridgehead atoms. The largest absolute Gasteiger partial charge is 0.376 e. The average molecular weight is 333 g/mol. The first-order valence-corrected chi connectivity index (χ1v) is 7.74. The second-order valence-electron chi connectivity index (χ2n) is 5.63. The molecule has 23 heavy (non-hydrogen) atoms. The predicted molar refractivity (Wildman–Crippen MR) is 89.9 cm³/mol. The summed E-state index contributed by atoms with van der Waals surface area (Å²) < 4.78 is 1.19. The number of amides is 1. The molecule has 1 amide bonds. The molecule has 0 fully saturated rings. The van der Waals surface area contributed by atoms with E-state index in [1.54, 1.807) is 13.2 Å². The number of halogens is 1. The second-order valence-corrected chi connectivity index (χ2v) is 6.01. The lowest BCUT2D eigenvalue weighted by Crippen LogP contribution is -2.22. The molecule has 1 aromatic heterocycles. The number of carbonyl (C=O) groups excluding carboxylic acids is 1. The fraction of sp³-hybridized carbons (Fsp3) is 0.312. The summed E-state index contributed by atoms with van der Waals surface area (Å²) in [6.07, 6.45) is 2.78. The molecular formula is C16H17ClN4O2. The van der Waals surface area contributed by atoms with Gasteiger partial charge in [0.2, 0.25) is 5.91 Å². The number of carbonyl (C=O) groups is 1. The van der Waals surface area contributed by atoms with Gasteiger partial charge in [-0.1, -0.05) is 23.7 Å². The molecule has 2 N–H and O–H groups in total. The van der Waals surface area contributed by atoms with Crippen molar-refractivity contribution in [3.05, 3.63) is 50.9 Å². The number of nitrogens with zero attached hydrogens (tertiary/aromatic N) is 2. The third-order valence-electron chi connectivity index (χ3n) is 3.97. The minimum Gasteiger partial charge on any atom is -0.376 e. The summed E-state index contributed by atoms with van der Waals surface area (Å²) in [4.78, 5) is 23.2. The molecule has 3 rings (SSSR count). The van der Waals surface area contributed by atoms with Crippen molar-refractivity contribution in [3.63, 3.8) is 0 Å². The second kappa shape index (κ2) is 6.04. The van der Waals surface area contributed by atoms with Crippen LogP contribution in [0.2, 0.25) is 5.02 Å². The number of nitrogens with one attached hydrogen (secondary N) is 2. The molecule has 1 aromatic carbocycles. The molecule has 1 aliphatic heterocycles. The first-order valence-electron chi connectivity index (χ1n) is 7.36. The lowest BCUT2D eigenvalue weighted by molar-refractivity contribution is -0.116. The molecule has 2 heterocycles. The molecule has 0 radical (unpaired) electrons. The zero-order chi connectivity index (χ0) is 16.6. The van der Waals surface area contributed by atoms with E-state index in [0.717, 1.165) is 23.2 Å². The van der Waals surface area contributed by atoms with Crippen LogP contribution < -0.4 is 16.2 Å². The first-order chi connectivity index (χ1) is 11.0. The first kappa shape index (κ1) is 15.6. The Morgan fingerprint density at radius 2 is 2.13 bits per heavy atom. The van der Waals surface area contributed by atoms with E-state index in [0.29, 0.717) is 12.1 Å². The van der Waals surface area contributed by atoms with Crippen LogP contribution in [0.15, 0.2) is 29.2 Å². The average Bonchev–Trinajstić information content (AvgIpc) is 2.54. The lowest BCUT2D eigenvalue weighted by Gasteiger charge is -2.21. The summed E-state index contributed by atoms with van der Waals surface area (Å²) in [7, 11) is 1.55. The fourth-order valence-electron chi connectivity index (χ4n) is 2.60. The van der Waals surface area contributed by atoms with Crippen molar-refractivity contribution in [3.8, 4) is 0 Å². The Balaban J connectivity index is 1.84. The van der Waals surface area contributed by atoms with E-state index in [1.165, 1.54) is 4.68 Å². The molecule has 0 saturated carbocycles. The minimum absolute atomic E-state index is 0.0504. The Hall–Kier alpha value is -2.34. The van der Waals surface area contributed by atoms with E-state index >= 15 is 0 Å². The third kappa shape index (κ3) is 3.07. The normalized spacial score (nSPS) is 14.8.